The van der Waals surface area contributed by atoms with Crippen molar-refractivity contribution in [3.8, 4) is 11.3 Å². The van der Waals surface area contributed by atoms with Crippen molar-refractivity contribution in [3.63, 3.8) is 0 Å². The quantitative estimate of drug-likeness (QED) is 0.410. The van der Waals surface area contributed by atoms with E-state index in [1.165, 1.54) is 16.9 Å². The molecule has 3 aromatic rings. The molecule has 4 atom stereocenters. The van der Waals surface area contributed by atoms with E-state index >= 15 is 0 Å². The summed E-state index contributed by atoms with van der Waals surface area (Å²) in [7, 11) is 0. The highest BCUT2D eigenvalue weighted by Crippen LogP contribution is 2.50. The number of benzene rings is 2. The number of aromatic nitrogens is 1. The molecule has 1 aromatic heterocycles. The Morgan fingerprint density at radius 1 is 1.15 bits per heavy atom. The Balaban J connectivity index is 1.06. The second-order valence-electron chi connectivity index (χ2n) is 11.4. The van der Waals surface area contributed by atoms with Crippen molar-refractivity contribution in [2.24, 2.45) is 0 Å². The number of fused-ring (bicyclic) bond motifs is 2. The van der Waals surface area contributed by atoms with Crippen molar-refractivity contribution in [1.82, 2.24) is 10.3 Å². The smallest absolute Gasteiger partial charge is 0.251 e. The molecule has 0 bridgehead atoms. The number of ether oxygens (including phenoxy) is 1. The Morgan fingerprint density at radius 2 is 1.98 bits per heavy atom. The Hall–Kier alpha value is -3.27. The monoisotopic (exact) mass is 560 g/mol. The van der Waals surface area contributed by atoms with Crippen molar-refractivity contribution in [2.75, 3.05) is 29.9 Å². The molecule has 9 heteroatoms. The lowest BCUT2D eigenvalue weighted by atomic mass is 9.78. The van der Waals surface area contributed by atoms with Gasteiger partial charge in [0.25, 0.3) is 5.91 Å². The third-order valence-corrected chi connectivity index (χ3v) is 9.33. The van der Waals surface area contributed by atoms with Crippen LogP contribution in [0.25, 0.3) is 11.3 Å². The molecule has 3 N–H and O–H groups in total. The highest BCUT2D eigenvalue weighted by molar-refractivity contribution is 7.14. The number of nitrogens with zero attached hydrogens (tertiary/aromatic N) is 2. The highest BCUT2D eigenvalue weighted by Gasteiger charge is 2.47. The zero-order valence-electron chi connectivity index (χ0n) is 23.0. The molecule has 40 heavy (non-hydrogen) atoms. The van der Waals surface area contributed by atoms with E-state index in [0.717, 1.165) is 67.7 Å². The van der Waals surface area contributed by atoms with Crippen LogP contribution in [0.2, 0.25) is 0 Å². The van der Waals surface area contributed by atoms with Crippen LogP contribution in [0.5, 0.6) is 0 Å². The zero-order valence-corrected chi connectivity index (χ0v) is 23.8. The molecule has 1 aliphatic heterocycles. The molecule has 2 aromatic carbocycles. The molecule has 3 aliphatic rings. The van der Waals surface area contributed by atoms with Gasteiger partial charge in [0.15, 0.2) is 5.13 Å². The normalized spacial score (nSPS) is 25.7. The van der Waals surface area contributed by atoms with Crippen LogP contribution < -0.4 is 15.5 Å². The van der Waals surface area contributed by atoms with Gasteiger partial charge in [-0.2, -0.15) is 0 Å². The average molecular weight is 561 g/mol. The molecule has 210 valence electrons. The third-order valence-electron chi connectivity index (χ3n) is 8.57. The molecule has 6 rings (SSSR count). The molecule has 1 saturated heterocycles. The minimum absolute atomic E-state index is 0.151. The van der Waals surface area contributed by atoms with Gasteiger partial charge in [0.1, 0.15) is 0 Å². The van der Waals surface area contributed by atoms with Gasteiger partial charge in [-0.15, -0.1) is 11.3 Å². The minimum Gasteiger partial charge on any atom is -0.392 e. The largest absolute Gasteiger partial charge is 0.392 e. The molecule has 0 radical (unpaired) electrons. The summed E-state index contributed by atoms with van der Waals surface area (Å²) in [5.74, 6) is -0.626. The first-order valence-electron chi connectivity index (χ1n) is 14.2. The van der Waals surface area contributed by atoms with Crippen LogP contribution in [-0.4, -0.2) is 59.9 Å². The SMILES string of the molecule is C[C@@H]1CN(c2cccc(-c3csc(NC(=O)CNC(=O)c4ccc5c(c4)C4(CCC[C@H]4O)CC5)n3)c2)C[C@H](C)O1. The Labute approximate surface area is 238 Å². The molecule has 8 nitrogen and oxygen atoms in total. The fraction of sp³-hybridized carbons (Fsp3) is 0.452. The Bertz CT molecular complexity index is 1410. The number of carbonyl (C=O) groups excluding carboxylic acids is 2. The van der Waals surface area contributed by atoms with Crippen molar-refractivity contribution >= 4 is 34.0 Å². The maximum atomic E-state index is 12.9. The van der Waals surface area contributed by atoms with Crippen LogP contribution in [0.1, 0.15) is 61.0 Å². The summed E-state index contributed by atoms with van der Waals surface area (Å²) in [5, 5.41) is 18.6. The van der Waals surface area contributed by atoms with E-state index in [-0.39, 0.29) is 42.1 Å². The second-order valence-corrected chi connectivity index (χ2v) is 12.3. The Kier molecular flexibility index (Phi) is 7.37. The van der Waals surface area contributed by atoms with Gasteiger partial charge in [0.2, 0.25) is 5.91 Å². The minimum atomic E-state index is -0.352. The van der Waals surface area contributed by atoms with E-state index in [1.807, 2.05) is 35.7 Å². The van der Waals surface area contributed by atoms with Gasteiger partial charge >= 0.3 is 0 Å². The average Bonchev–Trinajstić information content (AvgIpc) is 3.66. The van der Waals surface area contributed by atoms with Crippen LogP contribution in [0.15, 0.2) is 47.8 Å². The van der Waals surface area contributed by atoms with Gasteiger partial charge in [-0.1, -0.05) is 18.2 Å². The van der Waals surface area contributed by atoms with Gasteiger partial charge in [-0.05, 0) is 81.3 Å². The van der Waals surface area contributed by atoms with Gasteiger partial charge in [-0.3, -0.25) is 9.59 Å². The first-order chi connectivity index (χ1) is 19.3. The molecular formula is C31H36N4O4S. The number of rotatable bonds is 6. The van der Waals surface area contributed by atoms with E-state index in [9.17, 15) is 14.7 Å². The fourth-order valence-electron chi connectivity index (χ4n) is 6.69. The topological polar surface area (TPSA) is 104 Å². The Morgan fingerprint density at radius 3 is 2.75 bits per heavy atom. The maximum Gasteiger partial charge on any atom is 0.251 e. The number of carbonyl (C=O) groups is 2. The fourth-order valence-corrected chi connectivity index (χ4v) is 7.43. The van der Waals surface area contributed by atoms with Gasteiger partial charge in [0, 0.05) is 40.7 Å². The first kappa shape index (κ1) is 26.9. The summed E-state index contributed by atoms with van der Waals surface area (Å²) >= 11 is 1.36. The summed E-state index contributed by atoms with van der Waals surface area (Å²) < 4.78 is 5.87. The molecule has 2 heterocycles. The van der Waals surface area contributed by atoms with Gasteiger partial charge in [0.05, 0.1) is 30.6 Å². The molecule has 1 spiro atoms. The third kappa shape index (κ3) is 5.25. The molecule has 1 saturated carbocycles. The lowest BCUT2D eigenvalue weighted by molar-refractivity contribution is -0.115. The predicted octanol–water partition coefficient (Wildman–Crippen LogP) is 4.52. The second kappa shape index (κ2) is 11.0. The predicted molar refractivity (Wildman–Crippen MR) is 157 cm³/mol. The molecule has 2 fully saturated rings. The number of anilines is 2. The number of aliphatic hydroxyl groups excluding tert-OH is 1. The number of morpholine rings is 1. The summed E-state index contributed by atoms with van der Waals surface area (Å²) in [5.41, 5.74) is 5.52. The number of aliphatic hydroxyl groups is 1. The van der Waals surface area contributed by atoms with E-state index in [0.29, 0.717) is 10.7 Å². The first-order valence-corrected chi connectivity index (χ1v) is 15.0. The van der Waals surface area contributed by atoms with Crippen LogP contribution in [-0.2, 0) is 21.4 Å². The summed E-state index contributed by atoms with van der Waals surface area (Å²) in [6.45, 7) is 5.71. The number of amides is 2. The van der Waals surface area contributed by atoms with Crippen molar-refractivity contribution < 1.29 is 19.4 Å². The van der Waals surface area contributed by atoms with Crippen LogP contribution in [0.3, 0.4) is 0 Å². The van der Waals surface area contributed by atoms with Crippen molar-refractivity contribution in [3.05, 3.63) is 64.5 Å². The summed E-state index contributed by atoms with van der Waals surface area (Å²) in [4.78, 5) is 32.5. The van der Waals surface area contributed by atoms with E-state index < -0.39 is 0 Å². The van der Waals surface area contributed by atoms with E-state index in [4.69, 9.17) is 4.74 Å². The standard InChI is InChI=1S/C31H36N4O4S/c1-19-16-35(17-20(2)39-19)24-6-3-5-22(13-24)26-18-40-30(33-26)34-28(37)15-32-29(38)23-9-8-21-10-12-31(25(21)14-23)11-4-7-27(31)36/h3,5-6,8-9,13-14,18-20,27,36H,4,7,10-12,15-17H2,1-2H3,(H,32,38)(H,33,34,37)/t19-,20+,27-,31?/m1/s1. The lowest BCUT2D eigenvalue weighted by Crippen LogP contribution is -2.45. The summed E-state index contributed by atoms with van der Waals surface area (Å²) in [6.07, 6.45) is 4.64. The van der Waals surface area contributed by atoms with E-state index in [2.05, 4.69) is 46.5 Å². The number of nitrogens with one attached hydrogen (secondary N) is 2. The highest BCUT2D eigenvalue weighted by atomic mass is 32.1. The number of thiazole rings is 1. The van der Waals surface area contributed by atoms with Gasteiger partial charge in [-0.25, -0.2) is 4.98 Å². The van der Waals surface area contributed by atoms with Crippen molar-refractivity contribution in [1.29, 1.82) is 0 Å². The van der Waals surface area contributed by atoms with Crippen LogP contribution >= 0.6 is 11.3 Å². The van der Waals surface area contributed by atoms with E-state index in [1.54, 1.807) is 0 Å². The number of hydrogen-bond donors (Lipinski definition) is 3. The van der Waals surface area contributed by atoms with Gasteiger partial charge < -0.3 is 25.4 Å². The van der Waals surface area contributed by atoms with Crippen LogP contribution in [0.4, 0.5) is 10.8 Å². The maximum absolute atomic E-state index is 12.9. The lowest BCUT2D eigenvalue weighted by Gasteiger charge is -2.37. The zero-order chi connectivity index (χ0) is 27.9. The van der Waals surface area contributed by atoms with Crippen LogP contribution in [0, 0.1) is 0 Å². The molecular weight excluding hydrogens is 524 g/mol. The molecule has 2 aliphatic carbocycles. The summed E-state index contributed by atoms with van der Waals surface area (Å²) in [6, 6.07) is 14.0. The van der Waals surface area contributed by atoms with Crippen molar-refractivity contribution in [2.45, 2.75) is 69.7 Å². The number of aryl methyl sites for hydroxylation is 1. The molecule has 1 unspecified atom stereocenters. The number of hydrogen-bond acceptors (Lipinski definition) is 7. The molecule has 2 amide bonds.